The molecule has 2 aliphatic carbocycles. The van der Waals surface area contributed by atoms with Crippen LogP contribution in [0.4, 0.5) is 0 Å². The van der Waals surface area contributed by atoms with Crippen LogP contribution in [0.2, 0.25) is 0 Å². The molecule has 1 spiro atoms. The van der Waals surface area contributed by atoms with E-state index < -0.39 is 0 Å². The third kappa shape index (κ3) is 2.26. The van der Waals surface area contributed by atoms with Gasteiger partial charge in [-0.25, -0.2) is 9.78 Å². The molecule has 2 aliphatic rings. The standard InChI is InChI=1S/C16H21NO2/c1-2-19-15(18)14-13-11-16(7-4-3-5-8-16)10-12(13)6-9-17-14/h6,9H,2-5,7-8,10-11H2,1H3. The molecule has 1 aromatic rings. The number of nitrogens with zero attached hydrogens (tertiary/aromatic N) is 1. The highest BCUT2D eigenvalue weighted by atomic mass is 16.5. The predicted molar refractivity (Wildman–Crippen MR) is 73.1 cm³/mol. The molecule has 3 rings (SSSR count). The van der Waals surface area contributed by atoms with Crippen LogP contribution in [0.25, 0.3) is 0 Å². The van der Waals surface area contributed by atoms with E-state index in [-0.39, 0.29) is 5.97 Å². The van der Waals surface area contributed by atoms with Crippen LogP contribution in [0.15, 0.2) is 12.3 Å². The number of carbonyl (C=O) groups is 1. The van der Waals surface area contributed by atoms with Gasteiger partial charge in [0.1, 0.15) is 0 Å². The number of rotatable bonds is 2. The number of carbonyl (C=O) groups excluding carboxylic acids is 1. The second-order valence-corrected chi connectivity index (χ2v) is 5.93. The smallest absolute Gasteiger partial charge is 0.357 e. The van der Waals surface area contributed by atoms with Gasteiger partial charge in [0.2, 0.25) is 0 Å². The van der Waals surface area contributed by atoms with Gasteiger partial charge in [0.15, 0.2) is 5.69 Å². The molecule has 0 amide bonds. The van der Waals surface area contributed by atoms with E-state index in [4.69, 9.17) is 4.74 Å². The molecule has 0 saturated heterocycles. The fourth-order valence-electron chi connectivity index (χ4n) is 3.77. The minimum atomic E-state index is -0.257. The van der Waals surface area contributed by atoms with Crippen LogP contribution in [-0.4, -0.2) is 17.6 Å². The minimum absolute atomic E-state index is 0.257. The van der Waals surface area contributed by atoms with Crippen molar-refractivity contribution in [1.29, 1.82) is 0 Å². The highest BCUT2D eigenvalue weighted by molar-refractivity contribution is 5.89. The van der Waals surface area contributed by atoms with Gasteiger partial charge in [-0.05, 0) is 55.2 Å². The van der Waals surface area contributed by atoms with Crippen molar-refractivity contribution in [2.75, 3.05) is 6.61 Å². The molecule has 1 fully saturated rings. The molecule has 0 atom stereocenters. The van der Waals surface area contributed by atoms with Crippen LogP contribution >= 0.6 is 0 Å². The fraction of sp³-hybridized carbons (Fsp3) is 0.625. The number of aromatic nitrogens is 1. The summed E-state index contributed by atoms with van der Waals surface area (Å²) in [5.41, 5.74) is 3.44. The van der Waals surface area contributed by atoms with Gasteiger partial charge in [-0.3, -0.25) is 0 Å². The summed E-state index contributed by atoms with van der Waals surface area (Å²) in [6.45, 7) is 2.25. The number of esters is 1. The molecule has 0 bridgehead atoms. The summed E-state index contributed by atoms with van der Waals surface area (Å²) in [5, 5.41) is 0. The zero-order valence-electron chi connectivity index (χ0n) is 11.6. The molecule has 0 aliphatic heterocycles. The molecule has 19 heavy (non-hydrogen) atoms. The van der Waals surface area contributed by atoms with Gasteiger partial charge >= 0.3 is 5.97 Å². The lowest BCUT2D eigenvalue weighted by Crippen LogP contribution is -2.24. The molecule has 102 valence electrons. The Morgan fingerprint density at radius 3 is 2.84 bits per heavy atom. The fourth-order valence-corrected chi connectivity index (χ4v) is 3.77. The lowest BCUT2D eigenvalue weighted by atomic mass is 9.72. The van der Waals surface area contributed by atoms with E-state index >= 15 is 0 Å². The summed E-state index contributed by atoms with van der Waals surface area (Å²) in [6.07, 6.45) is 10.5. The summed E-state index contributed by atoms with van der Waals surface area (Å²) in [5.74, 6) is -0.257. The number of hydrogen-bond acceptors (Lipinski definition) is 3. The summed E-state index contributed by atoms with van der Waals surface area (Å²) in [6, 6.07) is 2.08. The van der Waals surface area contributed by atoms with Gasteiger partial charge in [0, 0.05) is 6.20 Å². The van der Waals surface area contributed by atoms with E-state index in [1.807, 2.05) is 6.92 Å². The average molecular weight is 259 g/mol. The highest BCUT2D eigenvalue weighted by Crippen LogP contribution is 2.47. The zero-order chi connectivity index (χ0) is 13.3. The number of pyridine rings is 1. The van der Waals surface area contributed by atoms with Gasteiger partial charge in [-0.2, -0.15) is 0 Å². The monoisotopic (exact) mass is 259 g/mol. The van der Waals surface area contributed by atoms with E-state index in [2.05, 4.69) is 11.1 Å². The Hall–Kier alpha value is -1.38. The molecule has 3 nitrogen and oxygen atoms in total. The summed E-state index contributed by atoms with van der Waals surface area (Å²) >= 11 is 0. The molecule has 0 aromatic carbocycles. The minimum Gasteiger partial charge on any atom is -0.461 e. The number of hydrogen-bond donors (Lipinski definition) is 0. The van der Waals surface area contributed by atoms with Crippen LogP contribution < -0.4 is 0 Å². The van der Waals surface area contributed by atoms with Gasteiger partial charge in [-0.15, -0.1) is 0 Å². The van der Waals surface area contributed by atoms with Gasteiger partial charge in [0.25, 0.3) is 0 Å². The Morgan fingerprint density at radius 2 is 2.11 bits per heavy atom. The zero-order valence-corrected chi connectivity index (χ0v) is 11.6. The Labute approximate surface area is 114 Å². The second kappa shape index (κ2) is 4.95. The van der Waals surface area contributed by atoms with Crippen LogP contribution in [0.1, 0.15) is 60.6 Å². The topological polar surface area (TPSA) is 39.2 Å². The predicted octanol–water partition coefficient (Wildman–Crippen LogP) is 3.31. The summed E-state index contributed by atoms with van der Waals surface area (Å²) < 4.78 is 5.13. The average Bonchev–Trinajstić information content (AvgIpc) is 2.76. The summed E-state index contributed by atoms with van der Waals surface area (Å²) in [4.78, 5) is 16.3. The van der Waals surface area contributed by atoms with Crippen molar-refractivity contribution >= 4 is 5.97 Å². The first-order chi connectivity index (χ1) is 9.24. The number of fused-ring (bicyclic) bond motifs is 1. The lowest BCUT2D eigenvalue weighted by Gasteiger charge is -2.33. The van der Waals surface area contributed by atoms with Crippen LogP contribution in [0, 0.1) is 5.41 Å². The molecular weight excluding hydrogens is 238 g/mol. The van der Waals surface area contributed by atoms with E-state index in [0.29, 0.717) is 17.7 Å². The third-order valence-electron chi connectivity index (χ3n) is 4.65. The first-order valence-electron chi connectivity index (χ1n) is 7.38. The quantitative estimate of drug-likeness (QED) is 0.765. The molecule has 1 aromatic heterocycles. The molecule has 0 unspecified atom stereocenters. The number of ether oxygens (including phenoxy) is 1. The van der Waals surface area contributed by atoms with Crippen molar-refractivity contribution in [3.63, 3.8) is 0 Å². The normalized spacial score (nSPS) is 20.3. The summed E-state index contributed by atoms with van der Waals surface area (Å²) in [7, 11) is 0. The van der Waals surface area contributed by atoms with Crippen molar-refractivity contribution < 1.29 is 9.53 Å². The first kappa shape index (κ1) is 12.6. The van der Waals surface area contributed by atoms with Crippen molar-refractivity contribution in [1.82, 2.24) is 4.98 Å². The first-order valence-corrected chi connectivity index (χ1v) is 7.38. The molecule has 0 N–H and O–H groups in total. The SMILES string of the molecule is CCOC(=O)c1nccc2c1CC1(CCCCC1)C2. The van der Waals surface area contributed by atoms with Crippen molar-refractivity contribution in [3.05, 3.63) is 29.1 Å². The molecule has 3 heteroatoms. The lowest BCUT2D eigenvalue weighted by molar-refractivity contribution is 0.0517. The Morgan fingerprint density at radius 1 is 1.32 bits per heavy atom. The maximum atomic E-state index is 12.0. The third-order valence-corrected chi connectivity index (χ3v) is 4.65. The van der Waals surface area contributed by atoms with E-state index in [1.54, 1.807) is 6.20 Å². The Balaban J connectivity index is 1.90. The van der Waals surface area contributed by atoms with E-state index in [9.17, 15) is 4.79 Å². The largest absolute Gasteiger partial charge is 0.461 e. The second-order valence-electron chi connectivity index (χ2n) is 5.93. The van der Waals surface area contributed by atoms with Gasteiger partial charge in [-0.1, -0.05) is 19.3 Å². The molecule has 1 saturated carbocycles. The van der Waals surface area contributed by atoms with Gasteiger partial charge in [0.05, 0.1) is 6.61 Å². The molecular formula is C16H21NO2. The maximum absolute atomic E-state index is 12.0. The van der Waals surface area contributed by atoms with Gasteiger partial charge < -0.3 is 4.74 Å². The Kier molecular flexibility index (Phi) is 3.29. The van der Waals surface area contributed by atoms with Crippen molar-refractivity contribution in [2.24, 2.45) is 5.41 Å². The van der Waals surface area contributed by atoms with E-state index in [0.717, 1.165) is 18.4 Å². The maximum Gasteiger partial charge on any atom is 0.357 e. The van der Waals surface area contributed by atoms with Crippen LogP contribution in [0.5, 0.6) is 0 Å². The van der Waals surface area contributed by atoms with Crippen LogP contribution in [-0.2, 0) is 17.6 Å². The van der Waals surface area contributed by atoms with E-state index in [1.165, 1.54) is 37.7 Å². The highest BCUT2D eigenvalue weighted by Gasteiger charge is 2.40. The Bertz CT molecular complexity index is 490. The molecule has 0 radical (unpaired) electrons. The van der Waals surface area contributed by atoms with Crippen molar-refractivity contribution in [3.8, 4) is 0 Å². The van der Waals surface area contributed by atoms with Crippen molar-refractivity contribution in [2.45, 2.75) is 51.9 Å². The van der Waals surface area contributed by atoms with Crippen LogP contribution in [0.3, 0.4) is 0 Å². The molecule has 1 heterocycles.